The quantitative estimate of drug-likeness (QED) is 0.663. The van der Waals surface area contributed by atoms with Gasteiger partial charge in [-0.1, -0.05) is 0 Å². The maximum absolute atomic E-state index is 11.6. The zero-order chi connectivity index (χ0) is 9.28. The van der Waals surface area contributed by atoms with Gasteiger partial charge in [0.2, 0.25) is 0 Å². The number of aliphatic carboxylic acids is 1. The number of halogens is 5. The summed E-state index contributed by atoms with van der Waals surface area (Å²) in [6, 6.07) is 0. The number of rotatable bonds is 3. The fraction of sp³-hybridized carbons (Fsp3) is 0.667. The number of carboxylic acids is 1. The van der Waals surface area contributed by atoms with Crippen molar-refractivity contribution >= 4 is 5.97 Å². The molecule has 0 aromatic carbocycles. The van der Waals surface area contributed by atoms with Crippen LogP contribution in [0.1, 0.15) is 0 Å². The van der Waals surface area contributed by atoms with Gasteiger partial charge in [0.05, 0.1) is 0 Å². The van der Waals surface area contributed by atoms with Crippen LogP contribution in [0.2, 0.25) is 0 Å². The topological polar surface area (TPSA) is 46.5 Å². The number of alkyl halides is 4. The molecule has 66 valence electrons. The summed E-state index contributed by atoms with van der Waals surface area (Å²) in [5, 5.41) is 7.43. The molecule has 0 unspecified atom stereocenters. The van der Waals surface area contributed by atoms with Crippen molar-refractivity contribution in [3.63, 3.8) is 0 Å². The summed E-state index contributed by atoms with van der Waals surface area (Å²) in [6.45, 7) is 0. The number of carboxylic acid groups (broad SMARTS) is 1. The van der Waals surface area contributed by atoms with Crippen LogP contribution in [0, 0.1) is 0 Å². The third kappa shape index (κ3) is 1.56. The Morgan fingerprint density at radius 3 is 1.73 bits per heavy atom. The first-order chi connectivity index (χ1) is 4.75. The van der Waals surface area contributed by atoms with E-state index in [0.717, 1.165) is 0 Å². The SMILES string of the molecule is O=C(O)C(F)(F)C(F)(F)OF. The molecular formula is C3HF5O3. The van der Waals surface area contributed by atoms with Crippen LogP contribution in [0.25, 0.3) is 0 Å². The minimum absolute atomic E-state index is 1.50. The molecule has 0 amide bonds. The molecule has 0 aromatic rings. The van der Waals surface area contributed by atoms with Crippen molar-refractivity contribution in [2.24, 2.45) is 0 Å². The lowest BCUT2D eigenvalue weighted by Crippen LogP contribution is -2.47. The number of carbonyl (C=O) groups is 1. The van der Waals surface area contributed by atoms with Crippen LogP contribution in [0.15, 0.2) is 0 Å². The van der Waals surface area contributed by atoms with E-state index in [0.29, 0.717) is 0 Å². The van der Waals surface area contributed by atoms with Gasteiger partial charge < -0.3 is 5.11 Å². The lowest BCUT2D eigenvalue weighted by atomic mass is 10.3. The molecule has 0 heterocycles. The van der Waals surface area contributed by atoms with Gasteiger partial charge in [0.25, 0.3) is 0 Å². The Balaban J connectivity index is 4.67. The second-order valence-corrected chi connectivity index (χ2v) is 1.47. The highest BCUT2D eigenvalue weighted by molar-refractivity contribution is 5.76. The second-order valence-electron chi connectivity index (χ2n) is 1.47. The van der Waals surface area contributed by atoms with Crippen molar-refractivity contribution in [3.8, 4) is 0 Å². The maximum Gasteiger partial charge on any atom is 0.461 e. The molecule has 1 N–H and O–H groups in total. The van der Waals surface area contributed by atoms with E-state index in [4.69, 9.17) is 5.11 Å². The van der Waals surface area contributed by atoms with Gasteiger partial charge in [-0.05, 0) is 4.53 Å². The van der Waals surface area contributed by atoms with Gasteiger partial charge in [0.1, 0.15) is 0 Å². The lowest BCUT2D eigenvalue weighted by molar-refractivity contribution is -0.414. The highest BCUT2D eigenvalue weighted by atomic mass is 19.4. The number of hydrogen-bond donors (Lipinski definition) is 1. The van der Waals surface area contributed by atoms with Crippen LogP contribution in [0.5, 0.6) is 0 Å². The molecule has 0 aliphatic rings. The van der Waals surface area contributed by atoms with Gasteiger partial charge in [-0.2, -0.15) is 17.6 Å². The molecule has 11 heavy (non-hydrogen) atoms. The zero-order valence-corrected chi connectivity index (χ0v) is 4.65. The van der Waals surface area contributed by atoms with Crippen molar-refractivity contribution in [3.05, 3.63) is 0 Å². The Morgan fingerprint density at radius 2 is 1.64 bits per heavy atom. The van der Waals surface area contributed by atoms with E-state index in [1.807, 2.05) is 0 Å². The standard InChI is InChI=1S/C3HF5O3/c4-2(5,1(9)10)3(6,7)11-8/h(H,9,10). The van der Waals surface area contributed by atoms with Gasteiger partial charge in [0, 0.05) is 0 Å². The fourth-order valence-electron chi connectivity index (χ4n) is 0.173. The predicted octanol–water partition coefficient (Wildman–Crippen LogP) is 1.20. The fourth-order valence-corrected chi connectivity index (χ4v) is 0.173. The highest BCUT2D eigenvalue weighted by Gasteiger charge is 2.65. The maximum atomic E-state index is 11.6. The predicted molar refractivity (Wildman–Crippen MR) is 19.7 cm³/mol. The molecule has 0 aliphatic carbocycles. The Morgan fingerprint density at radius 1 is 1.27 bits per heavy atom. The Kier molecular flexibility index (Phi) is 2.39. The van der Waals surface area contributed by atoms with Gasteiger partial charge in [-0.25, -0.2) is 4.79 Å². The van der Waals surface area contributed by atoms with E-state index in [9.17, 15) is 26.9 Å². The van der Waals surface area contributed by atoms with E-state index in [1.165, 1.54) is 4.94 Å². The first kappa shape index (κ1) is 10.1. The minimum Gasteiger partial charge on any atom is -0.477 e. The highest BCUT2D eigenvalue weighted by Crippen LogP contribution is 2.35. The molecule has 0 bridgehead atoms. The largest absolute Gasteiger partial charge is 0.477 e. The molecule has 0 radical (unpaired) electrons. The molecule has 8 heteroatoms. The van der Waals surface area contributed by atoms with Gasteiger partial charge in [0.15, 0.2) is 0 Å². The molecule has 3 nitrogen and oxygen atoms in total. The first-order valence-electron chi connectivity index (χ1n) is 2.04. The monoisotopic (exact) mass is 180 g/mol. The summed E-state index contributed by atoms with van der Waals surface area (Å²) >= 11 is 0. The van der Waals surface area contributed by atoms with Crippen LogP contribution in [0.3, 0.4) is 0 Å². The molecule has 0 saturated heterocycles. The van der Waals surface area contributed by atoms with Crippen LogP contribution in [-0.4, -0.2) is 23.1 Å². The zero-order valence-electron chi connectivity index (χ0n) is 4.65. The average molecular weight is 180 g/mol. The summed E-state index contributed by atoms with van der Waals surface area (Å²) in [6.07, 6.45) is -5.64. The van der Waals surface area contributed by atoms with Crippen molar-refractivity contribution in [2.75, 3.05) is 0 Å². The van der Waals surface area contributed by atoms with Crippen molar-refractivity contribution in [2.45, 2.75) is 12.0 Å². The van der Waals surface area contributed by atoms with Gasteiger partial charge >= 0.3 is 18.0 Å². The summed E-state index contributed by atoms with van der Waals surface area (Å²) in [5.41, 5.74) is 0. The molecule has 0 spiro atoms. The lowest BCUT2D eigenvalue weighted by Gasteiger charge is -2.17. The summed E-state index contributed by atoms with van der Waals surface area (Å²) < 4.78 is 56.8. The van der Waals surface area contributed by atoms with Crippen molar-refractivity contribution < 1.29 is 36.9 Å². The van der Waals surface area contributed by atoms with Crippen LogP contribution in [-0.2, 0) is 9.74 Å². The van der Waals surface area contributed by atoms with Gasteiger partial charge in [-0.15, -0.1) is 4.94 Å². The normalized spacial score (nSPS) is 13.2. The van der Waals surface area contributed by atoms with Crippen LogP contribution >= 0.6 is 0 Å². The molecule has 0 fully saturated rings. The van der Waals surface area contributed by atoms with E-state index >= 15 is 0 Å². The molecule has 0 rings (SSSR count). The first-order valence-corrected chi connectivity index (χ1v) is 2.04. The average Bonchev–Trinajstić information content (AvgIpc) is 1.87. The molecule has 0 saturated carbocycles. The second kappa shape index (κ2) is 2.61. The number of hydrogen-bond acceptors (Lipinski definition) is 2. The molecular weight excluding hydrogens is 179 g/mol. The minimum atomic E-state index is -5.64. The Bertz CT molecular complexity index is 166. The van der Waals surface area contributed by atoms with E-state index < -0.39 is 18.0 Å². The molecule has 0 aliphatic heterocycles. The van der Waals surface area contributed by atoms with E-state index in [2.05, 4.69) is 0 Å². The summed E-state index contributed by atoms with van der Waals surface area (Å²) in [4.78, 5) is 10.8. The smallest absolute Gasteiger partial charge is 0.461 e. The molecule has 0 atom stereocenters. The van der Waals surface area contributed by atoms with E-state index in [-0.39, 0.29) is 0 Å². The summed E-state index contributed by atoms with van der Waals surface area (Å²) in [7, 11) is 0. The summed E-state index contributed by atoms with van der Waals surface area (Å²) in [5.74, 6) is -8.73. The third-order valence-electron chi connectivity index (χ3n) is 0.731. The Labute approximate surface area is 56.3 Å². The third-order valence-corrected chi connectivity index (χ3v) is 0.731. The Hall–Kier alpha value is -0.920. The van der Waals surface area contributed by atoms with Crippen molar-refractivity contribution in [1.82, 2.24) is 0 Å². The van der Waals surface area contributed by atoms with Crippen molar-refractivity contribution in [1.29, 1.82) is 0 Å². The molecule has 0 aromatic heterocycles. The van der Waals surface area contributed by atoms with Crippen LogP contribution < -0.4 is 0 Å². The van der Waals surface area contributed by atoms with Gasteiger partial charge in [-0.3, -0.25) is 0 Å². The van der Waals surface area contributed by atoms with E-state index in [1.54, 1.807) is 0 Å². The van der Waals surface area contributed by atoms with Crippen LogP contribution in [0.4, 0.5) is 22.1 Å².